The van der Waals surface area contributed by atoms with Crippen LogP contribution >= 0.6 is 0 Å². The predicted octanol–water partition coefficient (Wildman–Crippen LogP) is 2.23. The van der Waals surface area contributed by atoms with Gasteiger partial charge in [-0.25, -0.2) is 9.37 Å². The van der Waals surface area contributed by atoms with Gasteiger partial charge in [-0.05, 0) is 37.1 Å². The third-order valence-corrected chi connectivity index (χ3v) is 2.73. The van der Waals surface area contributed by atoms with Crippen LogP contribution < -0.4 is 5.32 Å². The summed E-state index contributed by atoms with van der Waals surface area (Å²) in [5.41, 5.74) is 0.944. The number of nitrogens with zero attached hydrogens (tertiary/aromatic N) is 2. The number of hydrogen-bond acceptors (Lipinski definition) is 3. The maximum absolute atomic E-state index is 13.2. The van der Waals surface area contributed by atoms with Crippen LogP contribution in [0, 0.1) is 5.82 Å². The standard InChI is InChI=1S/C13H17FN4/c1-2-6-15-12(13-16-9-17-18-13)8-10-4-3-5-11(14)7-10/h3-5,7,9,12,15H,2,6,8H2,1H3,(H,16,17,18). The Hall–Kier alpha value is -1.75. The summed E-state index contributed by atoms with van der Waals surface area (Å²) in [6.45, 7) is 2.99. The zero-order valence-electron chi connectivity index (χ0n) is 10.4. The Morgan fingerprint density at radius 1 is 1.44 bits per heavy atom. The summed E-state index contributed by atoms with van der Waals surface area (Å²) < 4.78 is 13.2. The highest BCUT2D eigenvalue weighted by Gasteiger charge is 2.14. The Labute approximate surface area is 106 Å². The van der Waals surface area contributed by atoms with E-state index in [1.807, 2.05) is 6.07 Å². The summed E-state index contributed by atoms with van der Waals surface area (Å²) in [6, 6.07) is 6.68. The van der Waals surface area contributed by atoms with Crippen molar-refractivity contribution in [3.05, 3.63) is 47.8 Å². The molecule has 2 N–H and O–H groups in total. The molecule has 2 aromatic rings. The molecule has 1 unspecified atom stereocenters. The third kappa shape index (κ3) is 3.37. The lowest BCUT2D eigenvalue weighted by atomic mass is 10.1. The van der Waals surface area contributed by atoms with Crippen LogP contribution in [0.4, 0.5) is 4.39 Å². The molecule has 0 aliphatic carbocycles. The van der Waals surface area contributed by atoms with Crippen molar-refractivity contribution in [3.8, 4) is 0 Å². The summed E-state index contributed by atoms with van der Waals surface area (Å²) in [7, 11) is 0. The monoisotopic (exact) mass is 248 g/mol. The second-order valence-electron chi connectivity index (χ2n) is 4.21. The molecule has 0 bridgehead atoms. The summed E-state index contributed by atoms with van der Waals surface area (Å²) in [4.78, 5) is 4.17. The highest BCUT2D eigenvalue weighted by Crippen LogP contribution is 2.15. The SMILES string of the molecule is CCCNC(Cc1cccc(F)c1)c1ncn[nH]1. The van der Waals surface area contributed by atoms with E-state index in [2.05, 4.69) is 27.4 Å². The first-order chi connectivity index (χ1) is 8.79. The van der Waals surface area contributed by atoms with Gasteiger partial charge in [-0.15, -0.1) is 0 Å². The molecule has 0 saturated carbocycles. The molecule has 0 saturated heterocycles. The van der Waals surface area contributed by atoms with E-state index in [0.29, 0.717) is 6.42 Å². The molecular weight excluding hydrogens is 231 g/mol. The average Bonchev–Trinajstić information content (AvgIpc) is 2.88. The van der Waals surface area contributed by atoms with Gasteiger partial charge in [0.25, 0.3) is 0 Å². The largest absolute Gasteiger partial charge is 0.307 e. The highest BCUT2D eigenvalue weighted by atomic mass is 19.1. The molecule has 0 fully saturated rings. The van der Waals surface area contributed by atoms with Crippen molar-refractivity contribution < 1.29 is 4.39 Å². The fourth-order valence-electron chi connectivity index (χ4n) is 1.87. The van der Waals surface area contributed by atoms with E-state index in [0.717, 1.165) is 24.4 Å². The molecule has 1 aromatic carbocycles. The maximum atomic E-state index is 13.2. The van der Waals surface area contributed by atoms with E-state index in [-0.39, 0.29) is 11.9 Å². The van der Waals surface area contributed by atoms with E-state index in [9.17, 15) is 4.39 Å². The van der Waals surface area contributed by atoms with Crippen LogP contribution in [0.1, 0.15) is 30.8 Å². The Bertz CT molecular complexity index is 470. The number of halogens is 1. The van der Waals surface area contributed by atoms with Crippen molar-refractivity contribution in [1.29, 1.82) is 0 Å². The fraction of sp³-hybridized carbons (Fsp3) is 0.385. The zero-order chi connectivity index (χ0) is 12.8. The molecule has 5 heteroatoms. The van der Waals surface area contributed by atoms with E-state index in [1.165, 1.54) is 12.4 Å². The van der Waals surface area contributed by atoms with Gasteiger partial charge in [-0.3, -0.25) is 5.10 Å². The molecule has 1 aromatic heterocycles. The van der Waals surface area contributed by atoms with Crippen LogP contribution in [0.3, 0.4) is 0 Å². The van der Waals surface area contributed by atoms with Gasteiger partial charge in [0.15, 0.2) is 0 Å². The van der Waals surface area contributed by atoms with Crippen LogP contribution in [-0.4, -0.2) is 21.7 Å². The highest BCUT2D eigenvalue weighted by molar-refractivity contribution is 5.18. The summed E-state index contributed by atoms with van der Waals surface area (Å²) >= 11 is 0. The minimum atomic E-state index is -0.209. The van der Waals surface area contributed by atoms with Crippen LogP contribution in [0.15, 0.2) is 30.6 Å². The van der Waals surface area contributed by atoms with E-state index >= 15 is 0 Å². The normalized spacial score (nSPS) is 12.6. The Balaban J connectivity index is 2.10. The lowest BCUT2D eigenvalue weighted by molar-refractivity contribution is 0.504. The molecule has 1 heterocycles. The lowest BCUT2D eigenvalue weighted by Gasteiger charge is -2.15. The Kier molecular flexibility index (Phi) is 4.41. The molecule has 1 atom stereocenters. The van der Waals surface area contributed by atoms with Crippen molar-refractivity contribution in [2.24, 2.45) is 0 Å². The molecule has 18 heavy (non-hydrogen) atoms. The third-order valence-electron chi connectivity index (χ3n) is 2.73. The van der Waals surface area contributed by atoms with E-state index < -0.39 is 0 Å². The number of aromatic amines is 1. The zero-order valence-corrected chi connectivity index (χ0v) is 10.4. The maximum Gasteiger partial charge on any atom is 0.141 e. The first-order valence-electron chi connectivity index (χ1n) is 6.12. The summed E-state index contributed by atoms with van der Waals surface area (Å²) in [5.74, 6) is 0.576. The smallest absolute Gasteiger partial charge is 0.141 e. The molecule has 4 nitrogen and oxygen atoms in total. The second-order valence-corrected chi connectivity index (χ2v) is 4.21. The van der Waals surface area contributed by atoms with Gasteiger partial charge in [0, 0.05) is 0 Å². The van der Waals surface area contributed by atoms with Crippen LogP contribution in [0.5, 0.6) is 0 Å². The van der Waals surface area contributed by atoms with Crippen molar-refractivity contribution in [1.82, 2.24) is 20.5 Å². The van der Waals surface area contributed by atoms with Gasteiger partial charge >= 0.3 is 0 Å². The van der Waals surface area contributed by atoms with Gasteiger partial charge in [-0.1, -0.05) is 19.1 Å². The van der Waals surface area contributed by atoms with Crippen molar-refractivity contribution in [2.75, 3.05) is 6.54 Å². The number of H-pyrrole nitrogens is 1. The number of aromatic nitrogens is 3. The van der Waals surface area contributed by atoms with Gasteiger partial charge in [-0.2, -0.15) is 5.10 Å². The minimum absolute atomic E-state index is 0.0363. The summed E-state index contributed by atoms with van der Waals surface area (Å²) in [5, 5.41) is 10.1. The Morgan fingerprint density at radius 3 is 3.00 bits per heavy atom. The van der Waals surface area contributed by atoms with E-state index in [1.54, 1.807) is 12.1 Å². The lowest BCUT2D eigenvalue weighted by Crippen LogP contribution is -2.25. The van der Waals surface area contributed by atoms with Gasteiger partial charge in [0.2, 0.25) is 0 Å². The molecule has 0 spiro atoms. The second kappa shape index (κ2) is 6.26. The predicted molar refractivity (Wildman–Crippen MR) is 67.5 cm³/mol. The van der Waals surface area contributed by atoms with Gasteiger partial charge in [0.05, 0.1) is 6.04 Å². The van der Waals surface area contributed by atoms with Gasteiger partial charge in [0.1, 0.15) is 18.0 Å². The average molecular weight is 248 g/mol. The van der Waals surface area contributed by atoms with Crippen molar-refractivity contribution in [3.63, 3.8) is 0 Å². The molecule has 96 valence electrons. The van der Waals surface area contributed by atoms with Gasteiger partial charge < -0.3 is 5.32 Å². The Morgan fingerprint density at radius 2 is 2.33 bits per heavy atom. The van der Waals surface area contributed by atoms with Crippen molar-refractivity contribution in [2.45, 2.75) is 25.8 Å². The molecule has 0 aliphatic heterocycles. The van der Waals surface area contributed by atoms with E-state index in [4.69, 9.17) is 0 Å². The quantitative estimate of drug-likeness (QED) is 0.824. The number of benzene rings is 1. The molecular formula is C13H17FN4. The van der Waals surface area contributed by atoms with Crippen LogP contribution in [-0.2, 0) is 6.42 Å². The number of hydrogen-bond donors (Lipinski definition) is 2. The number of nitrogens with one attached hydrogen (secondary N) is 2. The van der Waals surface area contributed by atoms with Crippen LogP contribution in [0.25, 0.3) is 0 Å². The number of rotatable bonds is 6. The van der Waals surface area contributed by atoms with Crippen LogP contribution in [0.2, 0.25) is 0 Å². The molecule has 0 radical (unpaired) electrons. The first-order valence-corrected chi connectivity index (χ1v) is 6.12. The first kappa shape index (κ1) is 12.7. The summed E-state index contributed by atoms with van der Waals surface area (Å²) in [6.07, 6.45) is 3.21. The fourth-order valence-corrected chi connectivity index (χ4v) is 1.87. The molecule has 0 amide bonds. The minimum Gasteiger partial charge on any atom is -0.307 e. The molecule has 0 aliphatic rings. The molecule has 2 rings (SSSR count). The van der Waals surface area contributed by atoms with Crippen molar-refractivity contribution >= 4 is 0 Å². The topological polar surface area (TPSA) is 53.6 Å².